The summed E-state index contributed by atoms with van der Waals surface area (Å²) >= 11 is 9.60. The summed E-state index contributed by atoms with van der Waals surface area (Å²) < 4.78 is 2.05. The fraction of sp³-hybridized carbons (Fsp3) is 0.130. The molecule has 0 spiro atoms. The Labute approximate surface area is 192 Å². The molecule has 31 heavy (non-hydrogen) atoms. The second-order valence-electron chi connectivity index (χ2n) is 7.07. The lowest BCUT2D eigenvalue weighted by molar-refractivity contribution is 0.0932. The average molecular weight is 498 g/mol. The number of para-hydroxylation sites is 1. The summed E-state index contributed by atoms with van der Waals surface area (Å²) in [6, 6.07) is 16.0. The first-order chi connectivity index (χ1) is 14.9. The molecule has 0 saturated carbocycles. The lowest BCUT2D eigenvalue weighted by Crippen LogP contribution is -2.33. The number of rotatable bonds is 4. The smallest absolute Gasteiger partial charge is 0.272 e. The lowest BCUT2D eigenvalue weighted by atomic mass is 10.1. The number of amides is 1. The summed E-state index contributed by atoms with van der Waals surface area (Å²) in [5, 5.41) is 4.47. The summed E-state index contributed by atoms with van der Waals surface area (Å²) in [6.07, 6.45) is 1.54. The van der Waals surface area contributed by atoms with E-state index in [9.17, 15) is 9.59 Å². The quantitative estimate of drug-likeness (QED) is 0.431. The van der Waals surface area contributed by atoms with Gasteiger partial charge in [-0.2, -0.15) is 0 Å². The predicted octanol–water partition coefficient (Wildman–Crippen LogP) is 5.00. The number of aromatic nitrogens is 3. The molecular formula is C23H18BrClN4O2. The molecule has 0 aliphatic heterocycles. The van der Waals surface area contributed by atoms with E-state index in [1.54, 1.807) is 23.6 Å². The first kappa shape index (κ1) is 21.2. The molecular weight excluding hydrogens is 480 g/mol. The second kappa shape index (κ2) is 8.61. The number of hydrogen-bond acceptors (Lipinski definition) is 4. The maximum atomic E-state index is 13.5. The molecule has 8 heteroatoms. The Balaban J connectivity index is 1.85. The maximum Gasteiger partial charge on any atom is 0.272 e. The van der Waals surface area contributed by atoms with Gasteiger partial charge in [-0.15, -0.1) is 0 Å². The number of halogens is 2. The van der Waals surface area contributed by atoms with Crippen LogP contribution in [-0.4, -0.2) is 20.4 Å². The Bertz CT molecular complexity index is 1360. The zero-order valence-corrected chi connectivity index (χ0v) is 19.1. The molecule has 1 atom stereocenters. The molecule has 2 heterocycles. The fourth-order valence-corrected chi connectivity index (χ4v) is 4.03. The molecule has 0 saturated heterocycles. The van der Waals surface area contributed by atoms with E-state index in [0.29, 0.717) is 37.5 Å². The van der Waals surface area contributed by atoms with Crippen molar-refractivity contribution in [3.05, 3.63) is 97.9 Å². The largest absolute Gasteiger partial charge is 0.343 e. The summed E-state index contributed by atoms with van der Waals surface area (Å²) in [5.41, 5.74) is 1.80. The van der Waals surface area contributed by atoms with Gasteiger partial charge in [0, 0.05) is 11.4 Å². The van der Waals surface area contributed by atoms with Gasteiger partial charge in [0.1, 0.15) is 4.60 Å². The van der Waals surface area contributed by atoms with Crippen molar-refractivity contribution in [3.8, 4) is 5.69 Å². The third kappa shape index (κ3) is 4.11. The summed E-state index contributed by atoms with van der Waals surface area (Å²) in [7, 11) is 0. The van der Waals surface area contributed by atoms with Crippen LogP contribution >= 0.6 is 27.5 Å². The number of carbonyl (C=O) groups is 1. The molecule has 0 bridgehead atoms. The number of pyridine rings is 1. The second-order valence-corrected chi connectivity index (χ2v) is 8.29. The van der Waals surface area contributed by atoms with Crippen LogP contribution in [0.15, 0.2) is 70.2 Å². The van der Waals surface area contributed by atoms with E-state index in [-0.39, 0.29) is 17.2 Å². The highest BCUT2D eigenvalue weighted by Gasteiger charge is 2.21. The molecule has 0 fully saturated rings. The first-order valence-corrected chi connectivity index (χ1v) is 10.7. The van der Waals surface area contributed by atoms with Crippen molar-refractivity contribution in [1.29, 1.82) is 0 Å². The van der Waals surface area contributed by atoms with Crippen molar-refractivity contribution in [3.63, 3.8) is 0 Å². The van der Waals surface area contributed by atoms with Crippen LogP contribution in [0.3, 0.4) is 0 Å². The van der Waals surface area contributed by atoms with E-state index in [1.807, 2.05) is 49.4 Å². The van der Waals surface area contributed by atoms with Gasteiger partial charge < -0.3 is 5.32 Å². The Kier molecular flexibility index (Phi) is 5.89. The Morgan fingerprint density at radius 2 is 1.90 bits per heavy atom. The van der Waals surface area contributed by atoms with Crippen molar-refractivity contribution in [2.24, 2.45) is 0 Å². The number of nitrogens with zero attached hydrogens (tertiary/aromatic N) is 3. The van der Waals surface area contributed by atoms with Crippen LogP contribution in [0.1, 0.15) is 34.8 Å². The molecule has 4 rings (SSSR count). The molecule has 0 aliphatic carbocycles. The van der Waals surface area contributed by atoms with Crippen LogP contribution < -0.4 is 10.9 Å². The van der Waals surface area contributed by atoms with E-state index in [4.69, 9.17) is 11.6 Å². The minimum Gasteiger partial charge on any atom is -0.343 e. The summed E-state index contributed by atoms with van der Waals surface area (Å²) in [4.78, 5) is 34.8. The summed E-state index contributed by atoms with van der Waals surface area (Å²) in [5.74, 6) is -0.378. The lowest BCUT2D eigenvalue weighted by Gasteiger charge is -2.21. The summed E-state index contributed by atoms with van der Waals surface area (Å²) in [6.45, 7) is 3.54. The van der Waals surface area contributed by atoms with E-state index in [0.717, 1.165) is 0 Å². The van der Waals surface area contributed by atoms with Gasteiger partial charge >= 0.3 is 0 Å². The highest BCUT2D eigenvalue weighted by atomic mass is 79.9. The van der Waals surface area contributed by atoms with Gasteiger partial charge in [0.25, 0.3) is 11.5 Å². The maximum absolute atomic E-state index is 13.5. The van der Waals surface area contributed by atoms with Gasteiger partial charge in [-0.1, -0.05) is 41.9 Å². The van der Waals surface area contributed by atoms with E-state index < -0.39 is 6.04 Å². The minimum absolute atomic E-state index is 0.221. The van der Waals surface area contributed by atoms with Gasteiger partial charge in [0.2, 0.25) is 0 Å². The van der Waals surface area contributed by atoms with Crippen molar-refractivity contribution in [1.82, 2.24) is 19.9 Å². The number of hydrogen-bond donors (Lipinski definition) is 1. The number of benzene rings is 2. The van der Waals surface area contributed by atoms with Crippen LogP contribution in [0.2, 0.25) is 5.02 Å². The monoisotopic (exact) mass is 496 g/mol. The normalized spacial score (nSPS) is 12.0. The zero-order chi connectivity index (χ0) is 22.1. The third-order valence-electron chi connectivity index (χ3n) is 4.97. The molecule has 2 aromatic carbocycles. The molecule has 1 amide bonds. The Morgan fingerprint density at radius 3 is 2.65 bits per heavy atom. The van der Waals surface area contributed by atoms with E-state index in [2.05, 4.69) is 31.2 Å². The van der Waals surface area contributed by atoms with E-state index >= 15 is 0 Å². The van der Waals surface area contributed by atoms with Gasteiger partial charge in [0.15, 0.2) is 5.69 Å². The molecule has 0 unspecified atom stereocenters. The fourth-order valence-electron chi connectivity index (χ4n) is 3.48. The molecule has 2 aromatic heterocycles. The Hall–Kier alpha value is -3.03. The van der Waals surface area contributed by atoms with Gasteiger partial charge in [-0.05, 0) is 59.4 Å². The molecule has 4 aromatic rings. The molecule has 0 aliphatic rings. The first-order valence-electron chi connectivity index (χ1n) is 9.56. The van der Waals surface area contributed by atoms with Crippen molar-refractivity contribution in [2.75, 3.05) is 0 Å². The highest BCUT2D eigenvalue weighted by Crippen LogP contribution is 2.25. The average Bonchev–Trinajstić information content (AvgIpc) is 2.75. The van der Waals surface area contributed by atoms with Crippen LogP contribution in [0.5, 0.6) is 0 Å². The van der Waals surface area contributed by atoms with Crippen molar-refractivity contribution < 1.29 is 4.79 Å². The van der Waals surface area contributed by atoms with Gasteiger partial charge in [-0.3, -0.25) is 19.1 Å². The van der Waals surface area contributed by atoms with Crippen molar-refractivity contribution >= 4 is 44.2 Å². The molecule has 156 valence electrons. The molecule has 6 nitrogen and oxygen atoms in total. The topological polar surface area (TPSA) is 76.9 Å². The minimum atomic E-state index is -0.496. The SMILES string of the molecule is Cc1ncc(Br)nc1C(=O)N[C@@H](C)c1cc2cccc(Cl)c2c(=O)n1-c1ccccc1. The van der Waals surface area contributed by atoms with Gasteiger partial charge in [-0.25, -0.2) is 4.98 Å². The van der Waals surface area contributed by atoms with E-state index in [1.165, 1.54) is 6.20 Å². The number of nitrogens with one attached hydrogen (secondary N) is 1. The van der Waals surface area contributed by atoms with Crippen molar-refractivity contribution in [2.45, 2.75) is 19.9 Å². The predicted molar refractivity (Wildman–Crippen MR) is 125 cm³/mol. The van der Waals surface area contributed by atoms with Crippen LogP contribution in [0, 0.1) is 6.92 Å². The third-order valence-corrected chi connectivity index (χ3v) is 5.67. The number of aryl methyl sites for hydroxylation is 1. The standard InChI is InChI=1S/C23H18BrClN4O2/c1-13(27-22(30)21-14(2)26-12-19(24)28-21)18-11-15-7-6-10-17(25)20(15)23(31)29(18)16-8-4-3-5-9-16/h3-13H,1-2H3,(H,27,30)/t13-/m0/s1. The number of carbonyl (C=O) groups excluding carboxylic acids is 1. The van der Waals surface area contributed by atoms with Crippen LogP contribution in [0.4, 0.5) is 0 Å². The zero-order valence-electron chi connectivity index (χ0n) is 16.8. The highest BCUT2D eigenvalue weighted by molar-refractivity contribution is 9.10. The van der Waals surface area contributed by atoms with Gasteiger partial charge in [0.05, 0.1) is 28.3 Å². The Morgan fingerprint density at radius 1 is 1.16 bits per heavy atom. The molecule has 1 N–H and O–H groups in total. The van der Waals surface area contributed by atoms with Crippen LogP contribution in [-0.2, 0) is 0 Å². The number of fused-ring (bicyclic) bond motifs is 1. The molecule has 0 radical (unpaired) electrons. The van der Waals surface area contributed by atoms with Crippen LogP contribution in [0.25, 0.3) is 16.5 Å².